The van der Waals surface area contributed by atoms with Gasteiger partial charge in [0, 0.05) is 25.6 Å². The number of pyridine rings is 2. The van der Waals surface area contributed by atoms with Crippen molar-refractivity contribution in [1.29, 1.82) is 0 Å². The van der Waals surface area contributed by atoms with E-state index in [-0.39, 0.29) is 5.91 Å². The molecule has 0 aromatic carbocycles. The van der Waals surface area contributed by atoms with E-state index in [2.05, 4.69) is 26.4 Å². The summed E-state index contributed by atoms with van der Waals surface area (Å²) in [5, 5.41) is 0. The average molecular weight is 326 g/mol. The number of unbranched alkanes of at least 4 members (excludes halogenated alkanes) is 2. The predicted molar refractivity (Wildman–Crippen MR) is 94.3 cm³/mol. The number of nitrogens with two attached hydrogens (primary N) is 2. The SMILES string of the molecule is CCc1nc2c(N)nc3cccnc3c2n1CCCCCC(N)=O. The van der Waals surface area contributed by atoms with Crippen molar-refractivity contribution in [2.75, 3.05) is 5.73 Å². The first-order valence-electron chi connectivity index (χ1n) is 8.29. The lowest BCUT2D eigenvalue weighted by Gasteiger charge is -2.09. The molecule has 3 aromatic rings. The summed E-state index contributed by atoms with van der Waals surface area (Å²) < 4.78 is 2.19. The van der Waals surface area contributed by atoms with E-state index in [1.54, 1.807) is 6.20 Å². The quantitative estimate of drug-likeness (QED) is 0.646. The van der Waals surface area contributed by atoms with E-state index >= 15 is 0 Å². The number of carbonyl (C=O) groups is 1. The molecule has 0 bridgehead atoms. The highest BCUT2D eigenvalue weighted by Gasteiger charge is 2.16. The molecule has 24 heavy (non-hydrogen) atoms. The lowest BCUT2D eigenvalue weighted by Crippen LogP contribution is -2.10. The molecule has 7 heteroatoms. The van der Waals surface area contributed by atoms with Crippen LogP contribution in [0.3, 0.4) is 0 Å². The molecule has 4 N–H and O–H groups in total. The number of aryl methyl sites for hydroxylation is 2. The lowest BCUT2D eigenvalue weighted by atomic mass is 10.2. The van der Waals surface area contributed by atoms with Gasteiger partial charge in [-0.3, -0.25) is 9.78 Å². The molecule has 3 aromatic heterocycles. The molecule has 0 spiro atoms. The van der Waals surface area contributed by atoms with E-state index in [1.807, 2.05) is 12.1 Å². The highest BCUT2D eigenvalue weighted by Crippen LogP contribution is 2.28. The molecule has 1 amide bonds. The number of aromatic nitrogens is 4. The van der Waals surface area contributed by atoms with Crippen molar-refractivity contribution < 1.29 is 4.79 Å². The average Bonchev–Trinajstić information content (AvgIpc) is 2.94. The number of hydrogen-bond donors (Lipinski definition) is 2. The fourth-order valence-corrected chi connectivity index (χ4v) is 3.03. The molecule has 126 valence electrons. The number of nitrogens with zero attached hydrogens (tertiary/aromatic N) is 4. The summed E-state index contributed by atoms with van der Waals surface area (Å²) in [7, 11) is 0. The Labute approximate surface area is 140 Å². The molecule has 0 aliphatic carbocycles. The summed E-state index contributed by atoms with van der Waals surface area (Å²) in [6, 6.07) is 3.76. The highest BCUT2D eigenvalue weighted by atomic mass is 16.1. The van der Waals surface area contributed by atoms with Crippen molar-refractivity contribution >= 4 is 33.8 Å². The summed E-state index contributed by atoms with van der Waals surface area (Å²) in [5.74, 6) is 1.17. The van der Waals surface area contributed by atoms with Gasteiger partial charge in [-0.25, -0.2) is 9.97 Å². The molecule has 7 nitrogen and oxygen atoms in total. The van der Waals surface area contributed by atoms with Crippen LogP contribution in [0.2, 0.25) is 0 Å². The first-order valence-corrected chi connectivity index (χ1v) is 8.29. The molecule has 0 aliphatic heterocycles. The third-order valence-electron chi connectivity index (χ3n) is 4.16. The van der Waals surface area contributed by atoms with Gasteiger partial charge >= 0.3 is 0 Å². The molecule has 0 saturated carbocycles. The minimum Gasteiger partial charge on any atom is -0.382 e. The number of primary amides is 1. The van der Waals surface area contributed by atoms with Crippen LogP contribution in [-0.2, 0) is 17.8 Å². The number of fused-ring (bicyclic) bond motifs is 3. The van der Waals surface area contributed by atoms with E-state index in [9.17, 15) is 4.79 Å². The zero-order valence-electron chi connectivity index (χ0n) is 13.8. The molecule has 0 aliphatic rings. The van der Waals surface area contributed by atoms with Gasteiger partial charge in [0.05, 0.1) is 5.52 Å². The summed E-state index contributed by atoms with van der Waals surface area (Å²) in [5.41, 5.74) is 14.6. The minimum atomic E-state index is -0.244. The van der Waals surface area contributed by atoms with Crippen LogP contribution in [0, 0.1) is 0 Å². The third-order valence-corrected chi connectivity index (χ3v) is 4.16. The Morgan fingerprint density at radius 3 is 2.79 bits per heavy atom. The third kappa shape index (κ3) is 3.02. The second-order valence-electron chi connectivity index (χ2n) is 5.88. The van der Waals surface area contributed by atoms with E-state index in [4.69, 9.17) is 11.5 Å². The maximum absolute atomic E-state index is 10.8. The monoisotopic (exact) mass is 326 g/mol. The number of carbonyl (C=O) groups excluding carboxylic acids is 1. The van der Waals surface area contributed by atoms with Crippen molar-refractivity contribution in [3.05, 3.63) is 24.2 Å². The van der Waals surface area contributed by atoms with Crippen molar-refractivity contribution in [2.24, 2.45) is 5.73 Å². The van der Waals surface area contributed by atoms with E-state index < -0.39 is 0 Å². The normalized spacial score (nSPS) is 11.4. The molecular formula is C17H22N6O. The van der Waals surface area contributed by atoms with E-state index in [0.717, 1.165) is 60.1 Å². The lowest BCUT2D eigenvalue weighted by molar-refractivity contribution is -0.118. The van der Waals surface area contributed by atoms with Crippen LogP contribution >= 0.6 is 0 Å². The van der Waals surface area contributed by atoms with Gasteiger partial charge in [-0.05, 0) is 25.0 Å². The van der Waals surface area contributed by atoms with Crippen molar-refractivity contribution in [3.8, 4) is 0 Å². The number of imidazole rings is 1. The van der Waals surface area contributed by atoms with Gasteiger partial charge in [0.1, 0.15) is 22.4 Å². The summed E-state index contributed by atoms with van der Waals surface area (Å²) >= 11 is 0. The molecule has 3 rings (SSSR count). The Bertz CT molecular complexity index is 886. The smallest absolute Gasteiger partial charge is 0.217 e. The molecule has 3 heterocycles. The highest BCUT2D eigenvalue weighted by molar-refractivity contribution is 6.04. The van der Waals surface area contributed by atoms with Crippen molar-refractivity contribution in [3.63, 3.8) is 0 Å². The number of anilines is 1. The molecule has 0 atom stereocenters. The predicted octanol–water partition coefficient (Wildman–Crippen LogP) is 2.17. The van der Waals surface area contributed by atoms with Crippen LogP contribution in [0.15, 0.2) is 18.3 Å². The molecular weight excluding hydrogens is 304 g/mol. The van der Waals surface area contributed by atoms with Gasteiger partial charge in [-0.15, -0.1) is 0 Å². The number of nitrogen functional groups attached to an aromatic ring is 1. The van der Waals surface area contributed by atoms with Crippen LogP contribution in [0.4, 0.5) is 5.82 Å². The second-order valence-corrected chi connectivity index (χ2v) is 5.88. The fourth-order valence-electron chi connectivity index (χ4n) is 3.03. The first kappa shape index (κ1) is 16.2. The van der Waals surface area contributed by atoms with Gasteiger partial charge < -0.3 is 16.0 Å². The standard InChI is InChI=1S/C17H22N6O/c1-2-13-22-15-16(23(13)10-5-3-4-8-12(18)24)14-11(21-17(15)19)7-6-9-20-14/h6-7,9H,2-5,8,10H2,1H3,(H2,18,24)(H2,19,21). The molecule has 0 unspecified atom stereocenters. The van der Waals surface area contributed by atoms with E-state index in [1.165, 1.54) is 0 Å². The minimum absolute atomic E-state index is 0.244. The number of hydrogen-bond acceptors (Lipinski definition) is 5. The zero-order valence-corrected chi connectivity index (χ0v) is 13.8. The Kier molecular flexibility index (Phi) is 4.59. The Hall–Kier alpha value is -2.70. The summed E-state index contributed by atoms with van der Waals surface area (Å²) in [4.78, 5) is 24.4. The van der Waals surface area contributed by atoms with Gasteiger partial charge in [0.25, 0.3) is 0 Å². The largest absolute Gasteiger partial charge is 0.382 e. The molecule has 0 saturated heterocycles. The summed E-state index contributed by atoms with van der Waals surface area (Å²) in [6.07, 6.45) is 5.71. The Morgan fingerprint density at radius 1 is 1.21 bits per heavy atom. The Balaban J connectivity index is 1.97. The maximum atomic E-state index is 10.8. The van der Waals surface area contributed by atoms with Crippen LogP contribution in [0.5, 0.6) is 0 Å². The van der Waals surface area contributed by atoms with Crippen LogP contribution in [0.25, 0.3) is 22.1 Å². The second kappa shape index (κ2) is 6.82. The number of amides is 1. The Morgan fingerprint density at radius 2 is 2.04 bits per heavy atom. The number of rotatable bonds is 7. The topological polar surface area (TPSA) is 113 Å². The van der Waals surface area contributed by atoms with Crippen LogP contribution in [-0.4, -0.2) is 25.4 Å². The molecule has 0 fully saturated rings. The maximum Gasteiger partial charge on any atom is 0.217 e. The molecule has 0 radical (unpaired) electrons. The van der Waals surface area contributed by atoms with Crippen molar-refractivity contribution in [2.45, 2.75) is 45.6 Å². The van der Waals surface area contributed by atoms with Gasteiger partial charge in [-0.2, -0.15) is 0 Å². The summed E-state index contributed by atoms with van der Waals surface area (Å²) in [6.45, 7) is 2.89. The van der Waals surface area contributed by atoms with Crippen LogP contribution < -0.4 is 11.5 Å². The first-order chi connectivity index (χ1) is 11.6. The van der Waals surface area contributed by atoms with Crippen LogP contribution in [0.1, 0.15) is 38.4 Å². The van der Waals surface area contributed by atoms with Crippen molar-refractivity contribution in [1.82, 2.24) is 19.5 Å². The fraction of sp³-hybridized carbons (Fsp3) is 0.412. The van der Waals surface area contributed by atoms with Gasteiger partial charge in [0.15, 0.2) is 5.82 Å². The van der Waals surface area contributed by atoms with Gasteiger partial charge in [0.2, 0.25) is 5.91 Å². The van der Waals surface area contributed by atoms with Gasteiger partial charge in [-0.1, -0.05) is 13.3 Å². The zero-order chi connectivity index (χ0) is 17.1. The van der Waals surface area contributed by atoms with E-state index in [0.29, 0.717) is 12.2 Å².